The van der Waals surface area contributed by atoms with E-state index in [1.54, 1.807) is 12.4 Å². The van der Waals surface area contributed by atoms with Crippen LogP contribution in [0, 0.1) is 5.92 Å². The number of anilines is 1. The van der Waals surface area contributed by atoms with Gasteiger partial charge in [0, 0.05) is 24.7 Å². The summed E-state index contributed by atoms with van der Waals surface area (Å²) < 4.78 is 1.82. The van der Waals surface area contributed by atoms with Crippen LogP contribution in [-0.2, 0) is 11.3 Å². The molecule has 0 unspecified atom stereocenters. The van der Waals surface area contributed by atoms with Crippen LogP contribution in [0.5, 0.6) is 0 Å². The number of fused-ring (bicyclic) bond motifs is 1. The van der Waals surface area contributed by atoms with E-state index in [1.165, 1.54) is 0 Å². The Morgan fingerprint density at radius 3 is 2.53 bits per heavy atom. The number of aryl methyl sites for hydroxylation is 1. The Balaban J connectivity index is 1.62. The molecular formula is C24H30N6O2. The second kappa shape index (κ2) is 9.38. The first-order valence-corrected chi connectivity index (χ1v) is 11.2. The predicted octanol–water partition coefficient (Wildman–Crippen LogP) is 3.40. The molecular weight excluding hydrogens is 404 g/mol. The summed E-state index contributed by atoms with van der Waals surface area (Å²) in [7, 11) is 0. The topological polar surface area (TPSA) is 115 Å². The van der Waals surface area contributed by atoms with Crippen LogP contribution < -0.4 is 16.4 Å². The lowest BCUT2D eigenvalue weighted by Gasteiger charge is -2.29. The predicted molar refractivity (Wildman–Crippen MR) is 124 cm³/mol. The molecule has 1 aliphatic carbocycles. The van der Waals surface area contributed by atoms with E-state index >= 15 is 0 Å². The molecule has 0 radical (unpaired) electrons. The van der Waals surface area contributed by atoms with Crippen LogP contribution in [0.25, 0.3) is 11.0 Å². The number of aromatic nitrogens is 3. The summed E-state index contributed by atoms with van der Waals surface area (Å²) in [4.78, 5) is 29.3. The highest BCUT2D eigenvalue weighted by Crippen LogP contribution is 2.31. The van der Waals surface area contributed by atoms with E-state index in [9.17, 15) is 9.59 Å². The Kier molecular flexibility index (Phi) is 6.39. The van der Waals surface area contributed by atoms with Crippen molar-refractivity contribution in [1.82, 2.24) is 20.1 Å². The van der Waals surface area contributed by atoms with Gasteiger partial charge in [0.05, 0.1) is 28.9 Å². The second-order valence-electron chi connectivity index (χ2n) is 8.45. The van der Waals surface area contributed by atoms with E-state index in [0.29, 0.717) is 12.1 Å². The monoisotopic (exact) mass is 434 g/mol. The molecule has 1 aromatic carbocycles. The molecule has 1 atom stereocenters. The summed E-state index contributed by atoms with van der Waals surface area (Å²) in [5, 5.41) is 11.9. The fourth-order valence-corrected chi connectivity index (χ4v) is 4.41. The molecule has 8 nitrogen and oxygen atoms in total. The number of pyridine rings is 1. The molecule has 32 heavy (non-hydrogen) atoms. The summed E-state index contributed by atoms with van der Waals surface area (Å²) in [6, 6.07) is 9.87. The van der Waals surface area contributed by atoms with Gasteiger partial charge in [-0.3, -0.25) is 9.59 Å². The SMILES string of the molecule is CCn1ncc2c(N[C@H]3CC[C@@H](C(N)=O)CC3)c(C(=O)N[C@H](C)c3ccccc3)cnc21. The lowest BCUT2D eigenvalue weighted by atomic mass is 9.85. The second-order valence-corrected chi connectivity index (χ2v) is 8.45. The Hall–Kier alpha value is -3.42. The van der Waals surface area contributed by atoms with Crippen LogP contribution in [0.2, 0.25) is 0 Å². The number of nitrogens with one attached hydrogen (secondary N) is 2. The lowest BCUT2D eigenvalue weighted by molar-refractivity contribution is -0.122. The third kappa shape index (κ3) is 4.44. The number of nitrogens with two attached hydrogens (primary N) is 1. The average Bonchev–Trinajstić information content (AvgIpc) is 3.23. The van der Waals surface area contributed by atoms with Crippen molar-refractivity contribution in [1.29, 1.82) is 0 Å². The molecule has 1 aliphatic rings. The number of amides is 2. The van der Waals surface area contributed by atoms with Crippen LogP contribution in [0.1, 0.15) is 61.5 Å². The van der Waals surface area contributed by atoms with Gasteiger partial charge < -0.3 is 16.4 Å². The summed E-state index contributed by atoms with van der Waals surface area (Å²) in [5.41, 5.74) is 8.50. The normalized spacial score (nSPS) is 19.4. The van der Waals surface area contributed by atoms with Gasteiger partial charge >= 0.3 is 0 Å². The van der Waals surface area contributed by atoms with E-state index < -0.39 is 0 Å². The first-order chi connectivity index (χ1) is 15.5. The highest BCUT2D eigenvalue weighted by atomic mass is 16.2. The quantitative estimate of drug-likeness (QED) is 0.527. The van der Waals surface area contributed by atoms with Crippen LogP contribution in [0.15, 0.2) is 42.7 Å². The number of hydrogen-bond donors (Lipinski definition) is 3. The largest absolute Gasteiger partial charge is 0.381 e. The molecule has 2 aromatic heterocycles. The summed E-state index contributed by atoms with van der Waals surface area (Å²) in [6.45, 7) is 4.66. The number of nitrogens with zero attached hydrogens (tertiary/aromatic N) is 3. The van der Waals surface area contributed by atoms with Crippen LogP contribution in [-0.4, -0.2) is 32.6 Å². The molecule has 0 spiro atoms. The Morgan fingerprint density at radius 2 is 1.88 bits per heavy atom. The summed E-state index contributed by atoms with van der Waals surface area (Å²) >= 11 is 0. The van der Waals surface area contributed by atoms with Gasteiger partial charge in [-0.25, -0.2) is 9.67 Å². The van der Waals surface area contributed by atoms with Gasteiger partial charge in [-0.1, -0.05) is 30.3 Å². The minimum Gasteiger partial charge on any atom is -0.381 e. The molecule has 3 aromatic rings. The van der Waals surface area contributed by atoms with Gasteiger partial charge in [-0.2, -0.15) is 5.10 Å². The maximum atomic E-state index is 13.3. The molecule has 168 valence electrons. The van der Waals surface area contributed by atoms with Gasteiger partial charge in [-0.05, 0) is 45.1 Å². The van der Waals surface area contributed by atoms with E-state index in [1.807, 2.05) is 48.9 Å². The van der Waals surface area contributed by atoms with Gasteiger partial charge in [0.1, 0.15) is 0 Å². The number of carbonyl (C=O) groups excluding carboxylic acids is 2. The highest BCUT2D eigenvalue weighted by molar-refractivity contribution is 6.06. The molecule has 2 amide bonds. The minimum atomic E-state index is -0.228. The molecule has 2 heterocycles. The molecule has 1 saturated carbocycles. The number of rotatable bonds is 7. The zero-order chi connectivity index (χ0) is 22.7. The maximum absolute atomic E-state index is 13.3. The number of benzene rings is 1. The molecule has 0 bridgehead atoms. The van der Waals surface area contributed by atoms with E-state index in [4.69, 9.17) is 5.73 Å². The number of primary amides is 1. The fourth-order valence-electron chi connectivity index (χ4n) is 4.41. The zero-order valence-corrected chi connectivity index (χ0v) is 18.5. The average molecular weight is 435 g/mol. The molecule has 4 N–H and O–H groups in total. The lowest BCUT2D eigenvalue weighted by Crippen LogP contribution is -2.33. The molecule has 1 fully saturated rings. The maximum Gasteiger partial charge on any atom is 0.255 e. The summed E-state index contributed by atoms with van der Waals surface area (Å²) in [6.07, 6.45) is 6.53. The third-order valence-electron chi connectivity index (χ3n) is 6.34. The van der Waals surface area contributed by atoms with Crippen molar-refractivity contribution >= 4 is 28.5 Å². The smallest absolute Gasteiger partial charge is 0.255 e. The van der Waals surface area contributed by atoms with Gasteiger partial charge in [0.15, 0.2) is 5.65 Å². The minimum absolute atomic E-state index is 0.0668. The van der Waals surface area contributed by atoms with Crippen molar-refractivity contribution in [3.63, 3.8) is 0 Å². The van der Waals surface area contributed by atoms with Crippen LogP contribution in [0.4, 0.5) is 5.69 Å². The van der Waals surface area contributed by atoms with E-state index in [2.05, 4.69) is 20.7 Å². The Labute approximate surface area is 187 Å². The third-order valence-corrected chi connectivity index (χ3v) is 6.34. The molecule has 0 saturated heterocycles. The fraction of sp³-hybridized carbons (Fsp3) is 0.417. The Bertz CT molecular complexity index is 1100. The summed E-state index contributed by atoms with van der Waals surface area (Å²) in [5.74, 6) is -0.481. The van der Waals surface area contributed by atoms with E-state index in [0.717, 1.165) is 48.0 Å². The van der Waals surface area contributed by atoms with Crippen molar-refractivity contribution < 1.29 is 9.59 Å². The Morgan fingerprint density at radius 1 is 1.16 bits per heavy atom. The highest BCUT2D eigenvalue weighted by Gasteiger charge is 2.27. The number of carbonyl (C=O) groups is 2. The van der Waals surface area contributed by atoms with Crippen molar-refractivity contribution in [2.24, 2.45) is 11.7 Å². The van der Waals surface area contributed by atoms with Gasteiger partial charge in [0.25, 0.3) is 5.91 Å². The zero-order valence-electron chi connectivity index (χ0n) is 18.5. The molecule has 8 heteroatoms. The van der Waals surface area contributed by atoms with Gasteiger partial charge in [0.2, 0.25) is 5.91 Å². The van der Waals surface area contributed by atoms with Crippen molar-refractivity contribution in [2.45, 2.75) is 58.2 Å². The van der Waals surface area contributed by atoms with Crippen molar-refractivity contribution in [2.75, 3.05) is 5.32 Å². The molecule has 4 rings (SSSR count). The van der Waals surface area contributed by atoms with E-state index in [-0.39, 0.29) is 29.8 Å². The van der Waals surface area contributed by atoms with Gasteiger partial charge in [-0.15, -0.1) is 0 Å². The van der Waals surface area contributed by atoms with Crippen molar-refractivity contribution in [3.05, 3.63) is 53.9 Å². The van der Waals surface area contributed by atoms with Crippen LogP contribution in [0.3, 0.4) is 0 Å². The first kappa shape index (κ1) is 21.8. The van der Waals surface area contributed by atoms with Crippen LogP contribution >= 0.6 is 0 Å². The number of hydrogen-bond acceptors (Lipinski definition) is 5. The first-order valence-electron chi connectivity index (χ1n) is 11.2. The standard InChI is InChI=1S/C24H30N6O2/c1-3-30-23-19(14-27-30)21(29-18-11-9-17(10-12-18)22(25)31)20(13-26-23)24(32)28-15(2)16-7-5-4-6-8-16/h4-8,13-15,17-18H,3,9-12H2,1-2H3,(H2,25,31)(H,26,29)(H,28,32)/t15-,17-,18+/m1/s1. The molecule has 0 aliphatic heterocycles. The van der Waals surface area contributed by atoms with Crippen molar-refractivity contribution in [3.8, 4) is 0 Å².